The van der Waals surface area contributed by atoms with E-state index in [2.05, 4.69) is 48.9 Å². The molecule has 0 aromatic heterocycles. The molecule has 0 spiro atoms. The number of nitrogens with one attached hydrogen (secondary N) is 1. The molecule has 1 rings (SSSR count). The van der Waals surface area contributed by atoms with Gasteiger partial charge in [-0.25, -0.2) is 4.39 Å². The molecule has 2 nitrogen and oxygen atoms in total. The number of hydrogen-bond acceptors (Lipinski definition) is 1. The zero-order chi connectivity index (χ0) is 14.6. The van der Waals surface area contributed by atoms with Gasteiger partial charge < -0.3 is 5.32 Å². The van der Waals surface area contributed by atoms with Crippen LogP contribution in [0.15, 0.2) is 22.7 Å². The molecule has 1 aromatic carbocycles. The maximum atomic E-state index is 13.0. The van der Waals surface area contributed by atoms with Crippen molar-refractivity contribution in [2.45, 2.75) is 27.7 Å². The molecule has 0 aliphatic carbocycles. The molecular weight excluding hydrogens is 309 g/mol. The van der Waals surface area contributed by atoms with E-state index in [-0.39, 0.29) is 11.7 Å². The lowest BCUT2D eigenvalue weighted by Gasteiger charge is -2.25. The number of hydrogen-bond donors (Lipinski definition) is 1. The highest BCUT2D eigenvalue weighted by atomic mass is 79.9. The molecule has 1 N–H and O–H groups in total. The summed E-state index contributed by atoms with van der Waals surface area (Å²) in [6, 6.07) is 4.09. The number of rotatable bonds is 5. The minimum absolute atomic E-state index is 0.168. The van der Waals surface area contributed by atoms with Gasteiger partial charge in [0.25, 0.3) is 5.91 Å². The minimum Gasteiger partial charge on any atom is -0.352 e. The molecule has 0 fully saturated rings. The molecule has 106 valence electrons. The molecule has 0 atom stereocenters. The van der Waals surface area contributed by atoms with Gasteiger partial charge in [-0.15, -0.1) is 0 Å². The molecule has 0 saturated heterocycles. The second-order valence-corrected chi connectivity index (χ2v) is 6.34. The Bertz CT molecular complexity index is 438. The lowest BCUT2D eigenvalue weighted by Crippen LogP contribution is -2.34. The van der Waals surface area contributed by atoms with Crippen molar-refractivity contribution in [3.63, 3.8) is 0 Å². The highest BCUT2D eigenvalue weighted by Gasteiger charge is 2.19. The zero-order valence-corrected chi connectivity index (χ0v) is 13.4. The summed E-state index contributed by atoms with van der Waals surface area (Å²) in [5.41, 5.74) is 0.465. The number of halogens is 2. The Morgan fingerprint density at radius 1 is 1.26 bits per heavy atom. The third kappa shape index (κ3) is 4.60. The van der Waals surface area contributed by atoms with Crippen molar-refractivity contribution >= 4 is 21.8 Å². The smallest absolute Gasteiger partial charge is 0.252 e. The standard InChI is InChI=1S/C15H21BrFNO/c1-9(2)13(10(3)4)8-18-15(19)12-6-5-11(17)7-14(12)16/h5-7,9-10,13H,8H2,1-4H3,(H,18,19). The highest BCUT2D eigenvalue weighted by molar-refractivity contribution is 9.10. The molecular formula is C15H21BrFNO. The van der Waals surface area contributed by atoms with E-state index in [1.165, 1.54) is 18.2 Å². The summed E-state index contributed by atoms with van der Waals surface area (Å²) >= 11 is 3.21. The van der Waals surface area contributed by atoms with Gasteiger partial charge in [0, 0.05) is 11.0 Å². The van der Waals surface area contributed by atoms with Crippen molar-refractivity contribution in [2.24, 2.45) is 17.8 Å². The van der Waals surface area contributed by atoms with Crippen molar-refractivity contribution in [1.82, 2.24) is 5.32 Å². The summed E-state index contributed by atoms with van der Waals surface area (Å²) in [4.78, 5) is 12.1. The van der Waals surface area contributed by atoms with Crippen molar-refractivity contribution in [3.05, 3.63) is 34.1 Å². The third-order valence-corrected chi connectivity index (χ3v) is 4.04. The monoisotopic (exact) mass is 329 g/mol. The predicted molar refractivity (Wildman–Crippen MR) is 79.6 cm³/mol. The van der Waals surface area contributed by atoms with Crippen molar-refractivity contribution in [1.29, 1.82) is 0 Å². The predicted octanol–water partition coefficient (Wildman–Crippen LogP) is 4.25. The maximum absolute atomic E-state index is 13.0. The third-order valence-electron chi connectivity index (χ3n) is 3.39. The molecule has 0 heterocycles. The lowest BCUT2D eigenvalue weighted by atomic mass is 9.85. The van der Waals surface area contributed by atoms with Crippen LogP contribution in [0.2, 0.25) is 0 Å². The number of amides is 1. The second-order valence-electron chi connectivity index (χ2n) is 5.49. The van der Waals surface area contributed by atoms with Gasteiger partial charge in [-0.3, -0.25) is 4.79 Å². The maximum Gasteiger partial charge on any atom is 0.252 e. The van der Waals surface area contributed by atoms with Crippen molar-refractivity contribution in [2.75, 3.05) is 6.54 Å². The quantitative estimate of drug-likeness (QED) is 0.859. The largest absolute Gasteiger partial charge is 0.352 e. The Balaban J connectivity index is 2.69. The van der Waals surface area contributed by atoms with Gasteiger partial charge in [0.15, 0.2) is 0 Å². The molecule has 0 radical (unpaired) electrons. The molecule has 0 unspecified atom stereocenters. The van der Waals surface area contributed by atoms with Crippen LogP contribution in [-0.4, -0.2) is 12.5 Å². The minimum atomic E-state index is -0.356. The Kier molecular flexibility index (Phi) is 5.98. The van der Waals surface area contributed by atoms with Crippen LogP contribution in [-0.2, 0) is 0 Å². The van der Waals surface area contributed by atoms with Gasteiger partial charge >= 0.3 is 0 Å². The highest BCUT2D eigenvalue weighted by Crippen LogP contribution is 2.21. The summed E-state index contributed by atoms with van der Waals surface area (Å²) in [6.07, 6.45) is 0. The van der Waals surface area contributed by atoms with Gasteiger partial charge in [0.2, 0.25) is 0 Å². The van der Waals surface area contributed by atoms with E-state index in [0.717, 1.165) is 0 Å². The lowest BCUT2D eigenvalue weighted by molar-refractivity contribution is 0.0936. The Morgan fingerprint density at radius 3 is 2.32 bits per heavy atom. The summed E-state index contributed by atoms with van der Waals surface area (Å²) in [6.45, 7) is 9.27. The van der Waals surface area contributed by atoms with Crippen molar-refractivity contribution < 1.29 is 9.18 Å². The Morgan fingerprint density at radius 2 is 1.84 bits per heavy atom. The summed E-state index contributed by atoms with van der Waals surface area (Å²) < 4.78 is 13.5. The van der Waals surface area contributed by atoms with E-state index < -0.39 is 0 Å². The van der Waals surface area contributed by atoms with Crippen LogP contribution in [0.4, 0.5) is 4.39 Å². The van der Waals surface area contributed by atoms with Crippen LogP contribution < -0.4 is 5.32 Å². The Hall–Kier alpha value is -0.900. The van der Waals surface area contributed by atoms with Gasteiger partial charge in [0.05, 0.1) is 5.56 Å². The van der Waals surface area contributed by atoms with E-state index in [9.17, 15) is 9.18 Å². The van der Waals surface area contributed by atoms with E-state index in [1.54, 1.807) is 0 Å². The summed E-state index contributed by atoms with van der Waals surface area (Å²) in [5, 5.41) is 2.93. The van der Waals surface area contributed by atoms with Crippen LogP contribution >= 0.6 is 15.9 Å². The first-order chi connectivity index (χ1) is 8.82. The molecule has 0 bridgehead atoms. The fraction of sp³-hybridized carbons (Fsp3) is 0.533. The van der Waals surface area contributed by atoms with Gasteiger partial charge in [-0.2, -0.15) is 0 Å². The number of benzene rings is 1. The van der Waals surface area contributed by atoms with Crippen molar-refractivity contribution in [3.8, 4) is 0 Å². The van der Waals surface area contributed by atoms with Crippen LogP contribution in [0.5, 0.6) is 0 Å². The van der Waals surface area contributed by atoms with Gasteiger partial charge in [-0.1, -0.05) is 27.7 Å². The molecule has 0 saturated carbocycles. The van der Waals surface area contributed by atoms with Gasteiger partial charge in [0.1, 0.15) is 5.82 Å². The van der Waals surface area contributed by atoms with Crippen LogP contribution in [0.3, 0.4) is 0 Å². The van der Waals surface area contributed by atoms with E-state index >= 15 is 0 Å². The second kappa shape index (κ2) is 7.04. The average molecular weight is 330 g/mol. The summed E-state index contributed by atoms with van der Waals surface area (Å²) in [5.74, 6) is 0.931. The number of carbonyl (C=O) groups is 1. The van der Waals surface area contributed by atoms with Gasteiger partial charge in [-0.05, 0) is 51.9 Å². The molecule has 19 heavy (non-hydrogen) atoms. The molecule has 4 heteroatoms. The van der Waals surface area contributed by atoms with Crippen LogP contribution in [0.25, 0.3) is 0 Å². The first-order valence-corrected chi connectivity index (χ1v) is 7.35. The molecule has 1 amide bonds. The first-order valence-electron chi connectivity index (χ1n) is 6.56. The topological polar surface area (TPSA) is 29.1 Å². The van der Waals surface area contributed by atoms with E-state index in [0.29, 0.717) is 34.3 Å². The molecule has 1 aromatic rings. The average Bonchev–Trinajstić information content (AvgIpc) is 2.27. The van der Waals surface area contributed by atoms with E-state index in [1.807, 2.05) is 0 Å². The van der Waals surface area contributed by atoms with Crippen LogP contribution in [0.1, 0.15) is 38.1 Å². The molecule has 0 aliphatic rings. The zero-order valence-electron chi connectivity index (χ0n) is 11.8. The van der Waals surface area contributed by atoms with E-state index in [4.69, 9.17) is 0 Å². The number of carbonyl (C=O) groups excluding carboxylic acids is 1. The Labute approximate surface area is 122 Å². The normalized spacial score (nSPS) is 11.4. The fourth-order valence-corrected chi connectivity index (χ4v) is 2.75. The SMILES string of the molecule is CC(C)C(CNC(=O)c1ccc(F)cc1Br)C(C)C. The molecule has 0 aliphatic heterocycles. The fourth-order valence-electron chi connectivity index (χ4n) is 2.22. The first kappa shape index (κ1) is 16.2. The van der Waals surface area contributed by atoms with Crippen LogP contribution in [0, 0.1) is 23.6 Å². The summed E-state index contributed by atoms with van der Waals surface area (Å²) in [7, 11) is 0.